The number of methoxy groups -OCH3 is 1. The van der Waals surface area contributed by atoms with Gasteiger partial charge in [-0.25, -0.2) is 0 Å². The largest absolute Gasteiger partial charge is 0.380 e. The Labute approximate surface area is 115 Å². The minimum absolute atomic E-state index is 0.0883. The van der Waals surface area contributed by atoms with Gasteiger partial charge in [0.05, 0.1) is 12.1 Å². The molecule has 0 saturated heterocycles. The molecule has 0 radical (unpaired) electrons. The summed E-state index contributed by atoms with van der Waals surface area (Å²) in [6.07, 6.45) is 1.28. The van der Waals surface area contributed by atoms with Gasteiger partial charge in [0.15, 0.2) is 0 Å². The highest BCUT2D eigenvalue weighted by atomic mass is 16.5. The number of ether oxygens (including phenoxy) is 1. The lowest BCUT2D eigenvalue weighted by molar-refractivity contribution is -0.126. The van der Waals surface area contributed by atoms with Crippen molar-refractivity contribution in [1.82, 2.24) is 5.32 Å². The van der Waals surface area contributed by atoms with E-state index in [4.69, 9.17) is 10.5 Å². The highest BCUT2D eigenvalue weighted by molar-refractivity contribution is 5.85. The molecular formula is C15H24N2O2. The Morgan fingerprint density at radius 1 is 1.32 bits per heavy atom. The van der Waals surface area contributed by atoms with Crippen molar-refractivity contribution in [3.8, 4) is 0 Å². The molecule has 0 unspecified atom stereocenters. The first-order valence-electron chi connectivity index (χ1n) is 6.69. The summed E-state index contributed by atoms with van der Waals surface area (Å²) >= 11 is 0. The number of rotatable bonds is 7. The van der Waals surface area contributed by atoms with Crippen LogP contribution in [0.25, 0.3) is 0 Å². The average molecular weight is 264 g/mol. The van der Waals surface area contributed by atoms with Crippen LogP contribution in [-0.4, -0.2) is 18.6 Å². The van der Waals surface area contributed by atoms with E-state index in [9.17, 15) is 4.79 Å². The van der Waals surface area contributed by atoms with Gasteiger partial charge in [0.2, 0.25) is 5.91 Å². The Morgan fingerprint density at radius 2 is 1.95 bits per heavy atom. The van der Waals surface area contributed by atoms with Gasteiger partial charge < -0.3 is 15.8 Å². The van der Waals surface area contributed by atoms with Gasteiger partial charge in [0, 0.05) is 13.7 Å². The van der Waals surface area contributed by atoms with Crippen LogP contribution < -0.4 is 11.1 Å². The summed E-state index contributed by atoms with van der Waals surface area (Å²) in [5.74, 6) is -0.0883. The number of hydrogen-bond acceptors (Lipinski definition) is 3. The van der Waals surface area contributed by atoms with E-state index in [0.717, 1.165) is 11.1 Å². The maximum absolute atomic E-state index is 12.1. The molecule has 4 nitrogen and oxygen atoms in total. The van der Waals surface area contributed by atoms with Crippen LogP contribution in [0.5, 0.6) is 0 Å². The molecule has 0 aliphatic rings. The summed E-state index contributed by atoms with van der Waals surface area (Å²) in [7, 11) is 1.67. The van der Waals surface area contributed by atoms with Crippen LogP contribution in [0.2, 0.25) is 0 Å². The van der Waals surface area contributed by atoms with E-state index in [1.807, 2.05) is 38.1 Å². The Hall–Kier alpha value is -1.39. The van der Waals surface area contributed by atoms with Crippen LogP contribution in [0.1, 0.15) is 37.8 Å². The van der Waals surface area contributed by atoms with E-state index in [-0.39, 0.29) is 5.91 Å². The maximum atomic E-state index is 12.1. The molecule has 0 aliphatic carbocycles. The third kappa shape index (κ3) is 4.33. The topological polar surface area (TPSA) is 64.4 Å². The van der Waals surface area contributed by atoms with Gasteiger partial charge in [-0.15, -0.1) is 0 Å². The summed E-state index contributed by atoms with van der Waals surface area (Å²) < 4.78 is 5.09. The van der Waals surface area contributed by atoms with E-state index in [1.54, 1.807) is 7.11 Å². The van der Waals surface area contributed by atoms with Gasteiger partial charge in [-0.3, -0.25) is 4.79 Å². The van der Waals surface area contributed by atoms with Crippen molar-refractivity contribution in [2.45, 2.75) is 45.4 Å². The fourth-order valence-electron chi connectivity index (χ4n) is 1.93. The molecule has 106 valence electrons. The second kappa shape index (κ2) is 7.26. The second-order valence-electron chi connectivity index (χ2n) is 4.80. The van der Waals surface area contributed by atoms with Crippen molar-refractivity contribution < 1.29 is 9.53 Å². The summed E-state index contributed by atoms with van der Waals surface area (Å²) in [5.41, 5.74) is 7.44. The third-order valence-electron chi connectivity index (χ3n) is 3.47. The molecule has 0 spiro atoms. The quantitative estimate of drug-likeness (QED) is 0.791. The van der Waals surface area contributed by atoms with E-state index < -0.39 is 5.54 Å². The first-order valence-corrected chi connectivity index (χ1v) is 6.69. The maximum Gasteiger partial charge on any atom is 0.240 e. The monoisotopic (exact) mass is 264 g/mol. The van der Waals surface area contributed by atoms with Gasteiger partial charge in [0.25, 0.3) is 0 Å². The molecule has 0 bridgehead atoms. The number of carbonyl (C=O) groups excluding carboxylic acids is 1. The van der Waals surface area contributed by atoms with Crippen LogP contribution >= 0.6 is 0 Å². The lowest BCUT2D eigenvalue weighted by atomic mass is 9.93. The molecule has 0 fully saturated rings. The first kappa shape index (κ1) is 15.7. The van der Waals surface area contributed by atoms with Crippen molar-refractivity contribution >= 4 is 5.91 Å². The lowest BCUT2D eigenvalue weighted by Crippen LogP contribution is -2.52. The number of hydrogen-bond donors (Lipinski definition) is 2. The van der Waals surface area contributed by atoms with Crippen molar-refractivity contribution in [1.29, 1.82) is 0 Å². The van der Waals surface area contributed by atoms with Crippen LogP contribution in [0.3, 0.4) is 0 Å². The fourth-order valence-corrected chi connectivity index (χ4v) is 1.93. The summed E-state index contributed by atoms with van der Waals surface area (Å²) in [6, 6.07) is 7.97. The molecule has 1 rings (SSSR count). The van der Waals surface area contributed by atoms with Crippen molar-refractivity contribution in [2.75, 3.05) is 7.11 Å². The highest BCUT2D eigenvalue weighted by Crippen LogP contribution is 2.12. The molecule has 1 aromatic carbocycles. The predicted molar refractivity (Wildman–Crippen MR) is 76.5 cm³/mol. The number of nitrogens with one attached hydrogen (secondary N) is 1. The standard InChI is InChI=1S/C15H24N2O2/c1-4-15(16,5-2)14(18)17-10-12-7-6-8-13(9-12)11-19-3/h6-9H,4-5,10-11,16H2,1-3H3,(H,17,18). The smallest absolute Gasteiger partial charge is 0.240 e. The molecule has 1 amide bonds. The van der Waals surface area contributed by atoms with Crippen LogP contribution in [-0.2, 0) is 22.7 Å². The number of carbonyl (C=O) groups is 1. The van der Waals surface area contributed by atoms with Gasteiger partial charge in [-0.05, 0) is 24.0 Å². The SMILES string of the molecule is CCC(N)(CC)C(=O)NCc1cccc(COC)c1. The first-order chi connectivity index (χ1) is 9.05. The van der Waals surface area contributed by atoms with Gasteiger partial charge in [-0.2, -0.15) is 0 Å². The minimum Gasteiger partial charge on any atom is -0.380 e. The van der Waals surface area contributed by atoms with Gasteiger partial charge >= 0.3 is 0 Å². The molecule has 19 heavy (non-hydrogen) atoms. The van der Waals surface area contributed by atoms with E-state index >= 15 is 0 Å². The Balaban J connectivity index is 2.61. The molecule has 4 heteroatoms. The van der Waals surface area contributed by atoms with E-state index in [2.05, 4.69) is 5.32 Å². The van der Waals surface area contributed by atoms with Crippen molar-refractivity contribution in [3.63, 3.8) is 0 Å². The van der Waals surface area contributed by atoms with Crippen LogP contribution in [0.4, 0.5) is 0 Å². The van der Waals surface area contributed by atoms with E-state index in [0.29, 0.717) is 26.0 Å². The minimum atomic E-state index is -0.760. The second-order valence-corrected chi connectivity index (χ2v) is 4.80. The number of amides is 1. The predicted octanol–water partition coefficient (Wildman–Crippen LogP) is 1.97. The number of benzene rings is 1. The fraction of sp³-hybridized carbons (Fsp3) is 0.533. The highest BCUT2D eigenvalue weighted by Gasteiger charge is 2.29. The Kier molecular flexibility index (Phi) is 5.99. The zero-order valence-electron chi connectivity index (χ0n) is 12.0. The number of nitrogens with two attached hydrogens (primary N) is 1. The van der Waals surface area contributed by atoms with Crippen LogP contribution in [0.15, 0.2) is 24.3 Å². The molecule has 3 N–H and O–H groups in total. The van der Waals surface area contributed by atoms with Crippen molar-refractivity contribution in [2.24, 2.45) is 5.73 Å². The molecular weight excluding hydrogens is 240 g/mol. The third-order valence-corrected chi connectivity index (χ3v) is 3.47. The molecule has 0 saturated carbocycles. The van der Waals surface area contributed by atoms with Crippen molar-refractivity contribution in [3.05, 3.63) is 35.4 Å². The molecule has 0 atom stereocenters. The van der Waals surface area contributed by atoms with Crippen LogP contribution in [0, 0.1) is 0 Å². The molecule has 0 aromatic heterocycles. The van der Waals surface area contributed by atoms with Gasteiger partial charge in [-0.1, -0.05) is 38.1 Å². The normalized spacial score (nSPS) is 11.4. The zero-order chi connectivity index (χ0) is 14.3. The average Bonchev–Trinajstić information content (AvgIpc) is 2.44. The summed E-state index contributed by atoms with van der Waals surface area (Å²) in [5, 5.41) is 2.91. The summed E-state index contributed by atoms with van der Waals surface area (Å²) in [4.78, 5) is 12.1. The lowest BCUT2D eigenvalue weighted by Gasteiger charge is -2.25. The molecule has 1 aromatic rings. The molecule has 0 aliphatic heterocycles. The summed E-state index contributed by atoms with van der Waals surface area (Å²) in [6.45, 7) is 4.94. The Morgan fingerprint density at radius 3 is 2.53 bits per heavy atom. The Bertz CT molecular complexity index is 414. The van der Waals surface area contributed by atoms with Gasteiger partial charge in [0.1, 0.15) is 0 Å². The van der Waals surface area contributed by atoms with E-state index in [1.165, 1.54) is 0 Å². The molecule has 0 heterocycles. The zero-order valence-corrected chi connectivity index (χ0v) is 12.0.